The van der Waals surface area contributed by atoms with Gasteiger partial charge in [-0.1, -0.05) is 45.2 Å². The first-order valence-corrected chi connectivity index (χ1v) is 15.8. The highest BCUT2D eigenvalue weighted by Gasteiger charge is 2.23. The molecule has 0 unspecified atom stereocenters. The summed E-state index contributed by atoms with van der Waals surface area (Å²) in [5.74, 6) is 1.37. The average Bonchev–Trinajstić information content (AvgIpc) is 2.88. The Balaban J connectivity index is 1.42. The Morgan fingerprint density at radius 2 is 1.50 bits per heavy atom. The number of unbranched alkanes of at least 4 members (excludes halogenated alkanes) is 3. The first-order valence-electron chi connectivity index (χ1n) is 13.9. The number of carbonyl (C=O) groups excluding carboxylic acids is 1. The molecule has 8 nitrogen and oxygen atoms in total. The van der Waals surface area contributed by atoms with E-state index in [-0.39, 0.29) is 12.1 Å². The van der Waals surface area contributed by atoms with E-state index >= 15 is 0 Å². The standard InChI is InChI=1S/C29H44N4O4S/c1-4-6-8-20-33(19-7-5-2)29(34)30-25-17-21-32(22-18-25)23-24-9-13-27(14-10-24)37-28-15-11-26(12-16-28)31-38(3,35)36/h9-16,25,31H,4-8,17-23H2,1-3H3,(H,30,34). The molecule has 0 spiro atoms. The zero-order valence-electron chi connectivity index (χ0n) is 23.1. The zero-order valence-corrected chi connectivity index (χ0v) is 23.9. The van der Waals surface area contributed by atoms with Crippen molar-refractivity contribution in [3.05, 3.63) is 54.1 Å². The van der Waals surface area contributed by atoms with Crippen molar-refractivity contribution < 1.29 is 17.9 Å². The summed E-state index contributed by atoms with van der Waals surface area (Å²) in [4.78, 5) is 17.3. The van der Waals surface area contributed by atoms with Crippen LogP contribution in [-0.2, 0) is 16.6 Å². The Hall–Kier alpha value is -2.78. The maximum Gasteiger partial charge on any atom is 0.317 e. The molecule has 1 saturated heterocycles. The normalized spacial score (nSPS) is 14.7. The number of anilines is 1. The topological polar surface area (TPSA) is 91.0 Å². The Bertz CT molecular complexity index is 1080. The fraction of sp³-hybridized carbons (Fsp3) is 0.552. The van der Waals surface area contributed by atoms with Crippen molar-refractivity contribution in [2.45, 2.75) is 71.4 Å². The number of sulfonamides is 1. The quantitative estimate of drug-likeness (QED) is 0.293. The number of amides is 2. The molecule has 2 N–H and O–H groups in total. The average molecular weight is 545 g/mol. The van der Waals surface area contributed by atoms with Crippen LogP contribution < -0.4 is 14.8 Å². The first kappa shape index (κ1) is 29.8. The Labute approximate surface area is 228 Å². The van der Waals surface area contributed by atoms with E-state index in [0.717, 1.165) is 83.3 Å². The van der Waals surface area contributed by atoms with Gasteiger partial charge in [-0.05, 0) is 67.6 Å². The van der Waals surface area contributed by atoms with Crippen LogP contribution in [0.4, 0.5) is 10.5 Å². The Kier molecular flexibility index (Phi) is 11.7. The van der Waals surface area contributed by atoms with Gasteiger partial charge >= 0.3 is 6.03 Å². The number of ether oxygens (including phenoxy) is 1. The molecule has 2 amide bonds. The van der Waals surface area contributed by atoms with Crippen LogP contribution in [0.3, 0.4) is 0 Å². The van der Waals surface area contributed by atoms with Crippen molar-refractivity contribution in [1.29, 1.82) is 0 Å². The highest BCUT2D eigenvalue weighted by atomic mass is 32.2. The van der Waals surface area contributed by atoms with Gasteiger partial charge in [0.15, 0.2) is 0 Å². The highest BCUT2D eigenvalue weighted by Crippen LogP contribution is 2.24. The summed E-state index contributed by atoms with van der Waals surface area (Å²) < 4.78 is 31.0. The van der Waals surface area contributed by atoms with Gasteiger partial charge in [-0.25, -0.2) is 13.2 Å². The van der Waals surface area contributed by atoms with Crippen molar-refractivity contribution in [3.63, 3.8) is 0 Å². The lowest BCUT2D eigenvalue weighted by Crippen LogP contribution is -2.49. The minimum Gasteiger partial charge on any atom is -0.457 e. The lowest BCUT2D eigenvalue weighted by Gasteiger charge is -2.34. The predicted octanol–water partition coefficient (Wildman–Crippen LogP) is 5.82. The number of hydrogen-bond acceptors (Lipinski definition) is 5. The van der Waals surface area contributed by atoms with Gasteiger partial charge in [0.05, 0.1) is 6.26 Å². The number of hydrogen-bond donors (Lipinski definition) is 2. The number of rotatable bonds is 14. The third-order valence-corrected chi connectivity index (χ3v) is 7.34. The summed E-state index contributed by atoms with van der Waals surface area (Å²) >= 11 is 0. The molecule has 38 heavy (non-hydrogen) atoms. The summed E-state index contributed by atoms with van der Waals surface area (Å²) in [6, 6.07) is 15.2. The maximum atomic E-state index is 12.9. The molecule has 0 radical (unpaired) electrons. The van der Waals surface area contributed by atoms with E-state index in [1.165, 1.54) is 12.0 Å². The molecule has 2 aromatic rings. The van der Waals surface area contributed by atoms with Crippen LogP contribution in [0.25, 0.3) is 0 Å². The van der Waals surface area contributed by atoms with Gasteiger partial charge in [-0.3, -0.25) is 9.62 Å². The molecule has 0 saturated carbocycles. The van der Waals surface area contributed by atoms with Crippen LogP contribution in [0.2, 0.25) is 0 Å². The van der Waals surface area contributed by atoms with Crippen LogP contribution in [0.5, 0.6) is 11.5 Å². The SMILES string of the molecule is CCCCCN(CCCC)C(=O)NC1CCN(Cc2ccc(Oc3ccc(NS(C)(=O)=O)cc3)cc2)CC1. The summed E-state index contributed by atoms with van der Waals surface area (Å²) in [6.07, 6.45) is 8.61. The van der Waals surface area contributed by atoms with Gasteiger partial charge in [-0.15, -0.1) is 0 Å². The fourth-order valence-electron chi connectivity index (χ4n) is 4.58. The minimum atomic E-state index is -3.30. The number of nitrogens with zero attached hydrogens (tertiary/aromatic N) is 2. The number of benzene rings is 2. The highest BCUT2D eigenvalue weighted by molar-refractivity contribution is 7.92. The number of nitrogens with one attached hydrogen (secondary N) is 2. The van der Waals surface area contributed by atoms with Crippen LogP contribution >= 0.6 is 0 Å². The molecule has 1 fully saturated rings. The lowest BCUT2D eigenvalue weighted by molar-refractivity contribution is 0.167. The molecule has 1 heterocycles. The van der Waals surface area contributed by atoms with E-state index in [1.54, 1.807) is 24.3 Å². The van der Waals surface area contributed by atoms with Gasteiger partial charge < -0.3 is 15.0 Å². The van der Waals surface area contributed by atoms with Gasteiger partial charge in [0.1, 0.15) is 11.5 Å². The lowest BCUT2D eigenvalue weighted by atomic mass is 10.0. The van der Waals surface area contributed by atoms with E-state index < -0.39 is 10.0 Å². The van der Waals surface area contributed by atoms with Gasteiger partial charge in [0.2, 0.25) is 10.0 Å². The molecule has 0 atom stereocenters. The summed E-state index contributed by atoms with van der Waals surface area (Å²) in [5.41, 5.74) is 1.72. The molecule has 1 aliphatic heterocycles. The van der Waals surface area contributed by atoms with E-state index in [9.17, 15) is 13.2 Å². The van der Waals surface area contributed by atoms with Crippen LogP contribution in [0.1, 0.15) is 64.4 Å². The Morgan fingerprint density at radius 3 is 2.08 bits per heavy atom. The summed E-state index contributed by atoms with van der Waals surface area (Å²) in [7, 11) is -3.30. The van der Waals surface area contributed by atoms with Crippen LogP contribution in [0.15, 0.2) is 48.5 Å². The minimum absolute atomic E-state index is 0.102. The summed E-state index contributed by atoms with van der Waals surface area (Å²) in [6.45, 7) is 8.84. The number of likely N-dealkylation sites (tertiary alicyclic amines) is 1. The van der Waals surface area contributed by atoms with Crippen molar-refractivity contribution in [2.24, 2.45) is 0 Å². The van der Waals surface area contributed by atoms with E-state index in [4.69, 9.17) is 4.74 Å². The molecular formula is C29H44N4O4S. The largest absolute Gasteiger partial charge is 0.457 e. The molecule has 9 heteroatoms. The maximum absolute atomic E-state index is 12.9. The third-order valence-electron chi connectivity index (χ3n) is 6.74. The zero-order chi connectivity index (χ0) is 27.4. The van der Waals surface area contributed by atoms with Crippen molar-refractivity contribution >= 4 is 21.7 Å². The van der Waals surface area contributed by atoms with Gasteiger partial charge in [0.25, 0.3) is 0 Å². The molecule has 0 bridgehead atoms. The van der Waals surface area contributed by atoms with Gasteiger partial charge in [-0.2, -0.15) is 0 Å². The fourth-order valence-corrected chi connectivity index (χ4v) is 5.14. The molecule has 2 aromatic carbocycles. The number of piperidine rings is 1. The van der Waals surface area contributed by atoms with E-state index in [0.29, 0.717) is 11.4 Å². The molecule has 3 rings (SSSR count). The first-order chi connectivity index (χ1) is 18.3. The van der Waals surface area contributed by atoms with Gasteiger partial charge in [0, 0.05) is 44.5 Å². The van der Waals surface area contributed by atoms with Crippen molar-refractivity contribution in [3.8, 4) is 11.5 Å². The smallest absolute Gasteiger partial charge is 0.317 e. The third kappa shape index (κ3) is 10.5. The second-order valence-electron chi connectivity index (χ2n) is 10.2. The van der Waals surface area contributed by atoms with E-state index in [1.807, 2.05) is 17.0 Å². The molecule has 210 valence electrons. The second-order valence-corrected chi connectivity index (χ2v) is 11.9. The van der Waals surface area contributed by atoms with Crippen LogP contribution in [-0.4, -0.2) is 62.7 Å². The second kappa shape index (κ2) is 15.0. The molecule has 0 aliphatic carbocycles. The number of carbonyl (C=O) groups is 1. The monoisotopic (exact) mass is 544 g/mol. The summed E-state index contributed by atoms with van der Waals surface area (Å²) in [5, 5.41) is 3.29. The van der Waals surface area contributed by atoms with E-state index in [2.05, 4.69) is 40.9 Å². The van der Waals surface area contributed by atoms with Crippen LogP contribution in [0, 0.1) is 0 Å². The predicted molar refractivity (Wildman–Crippen MR) is 154 cm³/mol. The van der Waals surface area contributed by atoms with Crippen molar-refractivity contribution in [2.75, 3.05) is 37.2 Å². The molecular weight excluding hydrogens is 500 g/mol. The molecule has 1 aliphatic rings. The number of urea groups is 1. The Morgan fingerprint density at radius 1 is 0.921 bits per heavy atom. The van der Waals surface area contributed by atoms with Crippen molar-refractivity contribution in [1.82, 2.24) is 15.1 Å². The molecule has 0 aromatic heterocycles.